The molecule has 0 saturated heterocycles. The molecule has 1 fully saturated rings. The summed E-state index contributed by atoms with van der Waals surface area (Å²) in [5, 5.41) is 13.4. The predicted octanol–water partition coefficient (Wildman–Crippen LogP) is 4.65. The van der Waals surface area contributed by atoms with E-state index in [0.29, 0.717) is 11.5 Å². The Morgan fingerprint density at radius 3 is 2.63 bits per heavy atom. The fourth-order valence-corrected chi connectivity index (χ4v) is 3.30. The van der Waals surface area contributed by atoms with Crippen LogP contribution < -0.4 is 10.5 Å². The third-order valence-corrected chi connectivity index (χ3v) is 4.67. The smallest absolute Gasteiger partial charge is 0.402 e. The highest BCUT2D eigenvalue weighted by Gasteiger charge is 2.36. The van der Waals surface area contributed by atoms with Crippen LogP contribution in [0.3, 0.4) is 0 Å². The molecule has 30 heavy (non-hydrogen) atoms. The first-order valence-corrected chi connectivity index (χ1v) is 8.97. The van der Waals surface area contributed by atoms with Crippen molar-refractivity contribution in [1.82, 2.24) is 14.8 Å². The van der Waals surface area contributed by atoms with E-state index in [1.807, 2.05) is 6.07 Å². The highest BCUT2D eigenvalue weighted by atomic mass is 19.4. The molecule has 6 nitrogen and oxygen atoms in total. The van der Waals surface area contributed by atoms with Gasteiger partial charge in [0.2, 0.25) is 0 Å². The summed E-state index contributed by atoms with van der Waals surface area (Å²) in [6.45, 7) is 0. The van der Waals surface area contributed by atoms with Crippen LogP contribution in [0.5, 0.6) is 5.75 Å². The van der Waals surface area contributed by atoms with E-state index in [4.69, 9.17) is 11.0 Å². The van der Waals surface area contributed by atoms with Gasteiger partial charge in [-0.1, -0.05) is 0 Å². The van der Waals surface area contributed by atoms with Crippen LogP contribution in [0.25, 0.3) is 22.2 Å². The average Bonchev–Trinajstić information content (AvgIpc) is 3.41. The Hall–Kier alpha value is -3.42. The second-order valence-electron chi connectivity index (χ2n) is 6.89. The first kappa shape index (κ1) is 19.9. The van der Waals surface area contributed by atoms with E-state index in [0.717, 1.165) is 18.9 Å². The Kier molecular flexibility index (Phi) is 4.72. The lowest BCUT2D eigenvalue weighted by molar-refractivity contribution is -0.275. The Morgan fingerprint density at radius 1 is 1.27 bits per heavy atom. The van der Waals surface area contributed by atoms with Gasteiger partial charge in [-0.05, 0) is 18.9 Å². The first-order valence-electron chi connectivity index (χ1n) is 8.97. The standard InChI is InChI=1S/C19H14F5N5O/c20-13-7-9(26)6-11(18(13)30-19(22,23)24)16-15(21)17-12(14(28-16)2-1-5-25)8-27-29(17)10-3-4-10/h6-8,10H,1-4,26H2. The minimum absolute atomic E-state index is 0.0382. The zero-order chi connectivity index (χ0) is 21.6. The summed E-state index contributed by atoms with van der Waals surface area (Å²) in [7, 11) is 0. The average molecular weight is 423 g/mol. The van der Waals surface area contributed by atoms with Crippen molar-refractivity contribution in [2.45, 2.75) is 38.1 Å². The Labute approximate surface area is 166 Å². The van der Waals surface area contributed by atoms with Crippen LogP contribution >= 0.6 is 0 Å². The van der Waals surface area contributed by atoms with Crippen molar-refractivity contribution in [2.75, 3.05) is 5.73 Å². The molecule has 2 aromatic heterocycles. The summed E-state index contributed by atoms with van der Waals surface area (Å²) in [6, 6.07) is 3.51. The Bertz CT molecular complexity index is 1180. The number of nitrogens with two attached hydrogens (primary N) is 1. The van der Waals surface area contributed by atoms with Crippen molar-refractivity contribution in [2.24, 2.45) is 0 Å². The van der Waals surface area contributed by atoms with Gasteiger partial charge in [-0.3, -0.25) is 4.68 Å². The summed E-state index contributed by atoms with van der Waals surface area (Å²) in [5.74, 6) is -3.60. The highest BCUT2D eigenvalue weighted by molar-refractivity contribution is 5.87. The lowest BCUT2D eigenvalue weighted by Crippen LogP contribution is -2.19. The molecule has 0 unspecified atom stereocenters. The molecule has 1 aliphatic carbocycles. The predicted molar refractivity (Wildman–Crippen MR) is 96.2 cm³/mol. The summed E-state index contributed by atoms with van der Waals surface area (Å²) < 4.78 is 73.7. The highest BCUT2D eigenvalue weighted by Crippen LogP contribution is 2.42. The van der Waals surface area contributed by atoms with Gasteiger partial charge in [-0.25, -0.2) is 13.8 Å². The number of aromatic nitrogens is 3. The van der Waals surface area contributed by atoms with Crippen LogP contribution in [0.2, 0.25) is 0 Å². The molecule has 0 atom stereocenters. The molecule has 2 N–H and O–H groups in total. The molecular formula is C19H14F5N5O. The number of fused-ring (bicyclic) bond motifs is 1. The van der Waals surface area contributed by atoms with Gasteiger partial charge in [0.15, 0.2) is 17.4 Å². The normalized spacial score (nSPS) is 14.1. The van der Waals surface area contributed by atoms with Crippen molar-refractivity contribution in [3.8, 4) is 23.1 Å². The van der Waals surface area contributed by atoms with Gasteiger partial charge >= 0.3 is 6.36 Å². The molecule has 0 spiro atoms. The van der Waals surface area contributed by atoms with Crippen molar-refractivity contribution in [3.63, 3.8) is 0 Å². The number of alkyl halides is 3. The fourth-order valence-electron chi connectivity index (χ4n) is 3.30. The second-order valence-corrected chi connectivity index (χ2v) is 6.89. The summed E-state index contributed by atoms with van der Waals surface area (Å²) in [6.07, 6.45) is -2.11. The molecule has 11 heteroatoms. The molecule has 0 aliphatic heterocycles. The lowest BCUT2D eigenvalue weighted by atomic mass is 10.0. The fraction of sp³-hybridized carbons (Fsp3) is 0.316. The van der Waals surface area contributed by atoms with Crippen LogP contribution in [0.15, 0.2) is 18.3 Å². The van der Waals surface area contributed by atoms with Gasteiger partial charge < -0.3 is 10.5 Å². The molecule has 1 aliphatic rings. The van der Waals surface area contributed by atoms with E-state index in [1.54, 1.807) is 0 Å². The zero-order valence-electron chi connectivity index (χ0n) is 15.3. The number of rotatable bonds is 5. The molecule has 4 rings (SSSR count). The van der Waals surface area contributed by atoms with Crippen molar-refractivity contribution < 1.29 is 26.7 Å². The van der Waals surface area contributed by atoms with E-state index in [1.165, 1.54) is 10.9 Å². The lowest BCUT2D eigenvalue weighted by Gasteiger charge is -2.16. The maximum absolute atomic E-state index is 15.5. The largest absolute Gasteiger partial charge is 0.573 e. The van der Waals surface area contributed by atoms with Crippen LogP contribution in [-0.2, 0) is 6.42 Å². The van der Waals surface area contributed by atoms with Crippen molar-refractivity contribution >= 4 is 16.6 Å². The van der Waals surface area contributed by atoms with Gasteiger partial charge in [-0.15, -0.1) is 13.2 Å². The minimum Gasteiger partial charge on any atom is -0.402 e. The van der Waals surface area contributed by atoms with Gasteiger partial charge in [-0.2, -0.15) is 10.4 Å². The van der Waals surface area contributed by atoms with Gasteiger partial charge in [0, 0.05) is 30.0 Å². The number of nitrogens with zero attached hydrogens (tertiary/aromatic N) is 4. The van der Waals surface area contributed by atoms with Gasteiger partial charge in [0.25, 0.3) is 0 Å². The Morgan fingerprint density at radius 2 is 2.00 bits per heavy atom. The topological polar surface area (TPSA) is 89.8 Å². The molecule has 3 aromatic rings. The van der Waals surface area contributed by atoms with Gasteiger partial charge in [0.1, 0.15) is 11.2 Å². The molecule has 0 bridgehead atoms. The van der Waals surface area contributed by atoms with Crippen LogP contribution in [0.4, 0.5) is 27.6 Å². The van der Waals surface area contributed by atoms with Crippen molar-refractivity contribution in [1.29, 1.82) is 5.26 Å². The second kappa shape index (κ2) is 7.12. The monoisotopic (exact) mass is 423 g/mol. The van der Waals surface area contributed by atoms with E-state index < -0.39 is 35.0 Å². The first-order chi connectivity index (χ1) is 14.2. The number of aryl methyl sites for hydroxylation is 1. The number of benzene rings is 1. The molecule has 1 saturated carbocycles. The molecule has 0 radical (unpaired) electrons. The number of nitriles is 1. The number of nitrogen functional groups attached to an aromatic ring is 1. The van der Waals surface area contributed by atoms with E-state index in [9.17, 15) is 17.6 Å². The minimum atomic E-state index is -5.22. The van der Waals surface area contributed by atoms with Gasteiger partial charge in [0.05, 0.1) is 29.6 Å². The molecule has 2 heterocycles. The number of ether oxygens (including phenoxy) is 1. The van der Waals surface area contributed by atoms with E-state index >= 15 is 4.39 Å². The van der Waals surface area contributed by atoms with E-state index in [-0.39, 0.29) is 35.8 Å². The number of hydrogen-bond acceptors (Lipinski definition) is 5. The number of anilines is 1. The molecule has 0 amide bonds. The summed E-state index contributed by atoms with van der Waals surface area (Å²) >= 11 is 0. The number of halogens is 5. The third-order valence-electron chi connectivity index (χ3n) is 4.67. The molecule has 156 valence electrons. The quantitative estimate of drug-likeness (QED) is 0.477. The molecule has 1 aromatic carbocycles. The van der Waals surface area contributed by atoms with E-state index in [2.05, 4.69) is 14.8 Å². The third kappa shape index (κ3) is 3.60. The van der Waals surface area contributed by atoms with Crippen LogP contribution in [0.1, 0.15) is 31.0 Å². The zero-order valence-corrected chi connectivity index (χ0v) is 15.3. The van der Waals surface area contributed by atoms with Crippen molar-refractivity contribution in [3.05, 3.63) is 35.7 Å². The SMILES string of the molecule is N#CCCc1nc(-c2cc(N)cc(F)c2OC(F)(F)F)c(F)c2c1cnn2C1CC1. The summed E-state index contributed by atoms with van der Waals surface area (Å²) in [5.41, 5.74) is 4.53. The number of hydrogen-bond donors (Lipinski definition) is 1. The Balaban J connectivity index is 2.00. The summed E-state index contributed by atoms with van der Waals surface area (Å²) in [4.78, 5) is 4.13. The maximum Gasteiger partial charge on any atom is 0.573 e. The van der Waals surface area contributed by atoms with Crippen LogP contribution in [-0.4, -0.2) is 21.1 Å². The number of pyridine rings is 1. The molecular weight excluding hydrogens is 409 g/mol. The van der Waals surface area contributed by atoms with Crippen LogP contribution in [0, 0.1) is 23.0 Å². The maximum atomic E-state index is 15.5.